The second-order valence-corrected chi connectivity index (χ2v) is 13.7. The molecule has 4 heterocycles. The Bertz CT molecular complexity index is 2080. The van der Waals surface area contributed by atoms with E-state index in [1.807, 2.05) is 62.4 Å². The van der Waals surface area contributed by atoms with E-state index in [2.05, 4.69) is 30.4 Å². The van der Waals surface area contributed by atoms with Crippen LogP contribution in [0.15, 0.2) is 77.9 Å². The number of anilines is 2. The number of hydrogen-bond donors (Lipinski definition) is 0. The monoisotopic (exact) mass is 773 g/mol. The van der Waals surface area contributed by atoms with Gasteiger partial charge in [-0.1, -0.05) is 36.2 Å². The van der Waals surface area contributed by atoms with Crippen LogP contribution in [-0.2, 0) is 28.0 Å². The minimum atomic E-state index is -4.80. The third-order valence-electron chi connectivity index (χ3n) is 9.46. The summed E-state index contributed by atoms with van der Waals surface area (Å²) in [7, 11) is 0. The lowest BCUT2D eigenvalue weighted by molar-refractivity contribution is -0.196. The van der Waals surface area contributed by atoms with E-state index in [-0.39, 0.29) is 35.5 Å². The van der Waals surface area contributed by atoms with Crippen molar-refractivity contribution >= 4 is 34.6 Å². The van der Waals surface area contributed by atoms with Gasteiger partial charge in [-0.2, -0.15) is 18.3 Å². The van der Waals surface area contributed by atoms with Crippen LogP contribution in [0.2, 0.25) is 10.0 Å². The van der Waals surface area contributed by atoms with Crippen LogP contribution < -0.4 is 20.2 Å². The molecule has 3 atom stereocenters. The van der Waals surface area contributed by atoms with E-state index < -0.39 is 30.4 Å². The van der Waals surface area contributed by atoms with Crippen molar-refractivity contribution in [2.24, 2.45) is 0 Å². The molecule has 2 fully saturated rings. The number of ether oxygens (including phenoxy) is 3. The van der Waals surface area contributed by atoms with Crippen LogP contribution in [0.1, 0.15) is 37.7 Å². The average molecular weight is 775 g/mol. The van der Waals surface area contributed by atoms with Gasteiger partial charge in [0.2, 0.25) is 5.79 Å². The number of rotatable bonds is 11. The normalized spacial score (nSPS) is 19.9. The van der Waals surface area contributed by atoms with Gasteiger partial charge in [-0.15, -0.1) is 5.10 Å². The molecule has 0 radical (unpaired) electrons. The molecular weight excluding hydrogens is 738 g/mol. The highest BCUT2D eigenvalue weighted by atomic mass is 35.5. The highest BCUT2D eigenvalue weighted by molar-refractivity contribution is 6.35. The fraction of sp³-hybridized carbons (Fsp3) is 0.400. The summed E-state index contributed by atoms with van der Waals surface area (Å²) < 4.78 is 62.8. The van der Waals surface area contributed by atoms with Crippen molar-refractivity contribution in [1.29, 1.82) is 0 Å². The van der Waals surface area contributed by atoms with E-state index >= 15 is 0 Å². The van der Waals surface area contributed by atoms with Gasteiger partial charge >= 0.3 is 11.9 Å². The number of tetrazole rings is 1. The number of piperazine rings is 1. The molecule has 5 aromatic rings. The SMILES string of the molecule is CCC(C)n1ncn(-c2ccc(N3CCN(c4ccc(OC[C@@H]5CO[C@@](Cn6nnnc6C(F)(F)F)(c6ccc(Cl)cc6Cl)O5)cc4)CC3)cc2)c1=O. The Labute approximate surface area is 312 Å². The van der Waals surface area contributed by atoms with Crippen LogP contribution in [0, 0.1) is 0 Å². The fourth-order valence-electron chi connectivity index (χ4n) is 6.42. The maximum absolute atomic E-state index is 13.6. The summed E-state index contributed by atoms with van der Waals surface area (Å²) in [5.41, 5.74) is 3.03. The summed E-state index contributed by atoms with van der Waals surface area (Å²) in [5, 5.41) is 14.6. The first-order valence-electron chi connectivity index (χ1n) is 17.0. The number of benzene rings is 3. The Morgan fingerprint density at radius 3 is 2.23 bits per heavy atom. The predicted octanol–water partition coefficient (Wildman–Crippen LogP) is 5.99. The maximum Gasteiger partial charge on any atom is 0.453 e. The van der Waals surface area contributed by atoms with Crippen LogP contribution in [-0.4, -0.2) is 80.1 Å². The molecule has 53 heavy (non-hydrogen) atoms. The van der Waals surface area contributed by atoms with Crippen molar-refractivity contribution in [2.45, 2.75) is 50.9 Å². The molecule has 1 unspecified atom stereocenters. The molecule has 0 N–H and O–H groups in total. The highest BCUT2D eigenvalue weighted by Crippen LogP contribution is 2.41. The average Bonchev–Trinajstić information content (AvgIpc) is 3.90. The van der Waals surface area contributed by atoms with Crippen molar-refractivity contribution in [3.8, 4) is 11.4 Å². The molecule has 2 aliphatic rings. The van der Waals surface area contributed by atoms with Crippen LogP contribution in [0.5, 0.6) is 5.75 Å². The molecular formula is C35H36Cl2F3N9O4. The van der Waals surface area contributed by atoms with Crippen molar-refractivity contribution < 1.29 is 27.4 Å². The molecule has 0 spiro atoms. The molecule has 0 aliphatic carbocycles. The number of aromatic nitrogens is 7. The second-order valence-electron chi connectivity index (χ2n) is 12.9. The lowest BCUT2D eigenvalue weighted by atomic mass is 10.1. The third kappa shape index (κ3) is 7.72. The molecule has 0 bridgehead atoms. The minimum absolute atomic E-state index is 0.00892. The Balaban J connectivity index is 0.947. The van der Waals surface area contributed by atoms with Crippen LogP contribution >= 0.6 is 23.2 Å². The molecule has 3 aromatic carbocycles. The largest absolute Gasteiger partial charge is 0.491 e. The van der Waals surface area contributed by atoms with E-state index in [1.165, 1.54) is 16.8 Å². The van der Waals surface area contributed by atoms with E-state index in [0.717, 1.165) is 49.7 Å². The summed E-state index contributed by atoms with van der Waals surface area (Å²) in [4.78, 5) is 17.4. The molecule has 2 saturated heterocycles. The maximum atomic E-state index is 13.6. The van der Waals surface area contributed by atoms with E-state index in [9.17, 15) is 18.0 Å². The number of nitrogens with zero attached hydrogens (tertiary/aromatic N) is 9. The summed E-state index contributed by atoms with van der Waals surface area (Å²) in [6.07, 6.45) is -3.07. The first kappa shape index (κ1) is 36.7. The van der Waals surface area contributed by atoms with Gasteiger partial charge in [0.15, 0.2) is 0 Å². The van der Waals surface area contributed by atoms with Crippen LogP contribution in [0.25, 0.3) is 5.69 Å². The standard InChI is InChI=1S/C35H36Cl2F3N9O4/c1-3-23(2)49-33(50)47(22-41-49)27-7-5-25(6-8-27)45-14-16-46(17-15-45)26-9-11-28(12-10-26)51-19-29-20-52-34(53-29,30-13-4-24(36)18-31(30)37)21-48-32(35(38,39)40)42-43-44-48/h4-13,18,22-23,29H,3,14-17,19-21H2,1-2H3/t23?,29-,34-/m1/s1. The molecule has 2 aliphatic heterocycles. The molecule has 0 saturated carbocycles. The quantitative estimate of drug-likeness (QED) is 0.159. The van der Waals surface area contributed by atoms with Crippen molar-refractivity contribution in [3.05, 3.63) is 105 Å². The van der Waals surface area contributed by atoms with Gasteiger partial charge < -0.3 is 24.0 Å². The van der Waals surface area contributed by atoms with Gasteiger partial charge in [0.25, 0.3) is 5.82 Å². The zero-order valence-corrected chi connectivity index (χ0v) is 30.3. The fourth-order valence-corrected chi connectivity index (χ4v) is 6.98. The summed E-state index contributed by atoms with van der Waals surface area (Å²) >= 11 is 12.6. The molecule has 280 valence electrons. The lowest BCUT2D eigenvalue weighted by Gasteiger charge is -2.37. The third-order valence-corrected chi connectivity index (χ3v) is 10.0. The first-order chi connectivity index (χ1) is 25.4. The number of halogens is 5. The Morgan fingerprint density at radius 1 is 0.962 bits per heavy atom. The minimum Gasteiger partial charge on any atom is -0.491 e. The Hall–Kier alpha value is -4.64. The van der Waals surface area contributed by atoms with Crippen molar-refractivity contribution in [3.63, 3.8) is 0 Å². The number of hydrogen-bond acceptors (Lipinski definition) is 10. The molecule has 7 rings (SSSR count). The molecule has 2 aromatic heterocycles. The highest BCUT2D eigenvalue weighted by Gasteiger charge is 2.48. The van der Waals surface area contributed by atoms with E-state index in [1.54, 1.807) is 17.0 Å². The van der Waals surface area contributed by atoms with Crippen molar-refractivity contribution in [2.75, 3.05) is 49.2 Å². The smallest absolute Gasteiger partial charge is 0.453 e. The molecule has 0 amide bonds. The van der Waals surface area contributed by atoms with E-state index in [4.69, 9.17) is 37.4 Å². The van der Waals surface area contributed by atoms with Crippen LogP contribution in [0.3, 0.4) is 0 Å². The summed E-state index contributed by atoms with van der Waals surface area (Å²) in [5.74, 6) is -2.45. The zero-order valence-electron chi connectivity index (χ0n) is 28.8. The van der Waals surface area contributed by atoms with Gasteiger partial charge in [0.05, 0.1) is 23.4 Å². The van der Waals surface area contributed by atoms with Gasteiger partial charge in [0, 0.05) is 48.1 Å². The van der Waals surface area contributed by atoms with Gasteiger partial charge in [-0.25, -0.2) is 18.7 Å². The zero-order chi connectivity index (χ0) is 37.3. The van der Waals surface area contributed by atoms with Crippen molar-refractivity contribution in [1.82, 2.24) is 34.6 Å². The Morgan fingerprint density at radius 2 is 1.60 bits per heavy atom. The molecule has 13 nitrogen and oxygen atoms in total. The first-order valence-corrected chi connectivity index (χ1v) is 17.8. The second kappa shape index (κ2) is 15.0. The topological polar surface area (TPSA) is 118 Å². The number of alkyl halides is 3. The van der Waals surface area contributed by atoms with Crippen LogP contribution in [0.4, 0.5) is 24.5 Å². The van der Waals surface area contributed by atoms with Gasteiger partial charge in [0.1, 0.15) is 31.3 Å². The summed E-state index contributed by atoms with van der Waals surface area (Å²) in [6.45, 7) is 6.79. The molecule has 18 heteroatoms. The van der Waals surface area contributed by atoms with E-state index in [0.29, 0.717) is 15.5 Å². The lowest BCUT2D eigenvalue weighted by Crippen LogP contribution is -2.46. The van der Waals surface area contributed by atoms with Gasteiger partial charge in [-0.3, -0.25) is 0 Å². The predicted molar refractivity (Wildman–Crippen MR) is 191 cm³/mol. The Kier molecular flexibility index (Phi) is 10.4. The summed E-state index contributed by atoms with van der Waals surface area (Å²) in [6, 6.07) is 20.2. The van der Waals surface area contributed by atoms with Gasteiger partial charge in [-0.05, 0) is 84.4 Å².